The van der Waals surface area contributed by atoms with Crippen LogP contribution in [0.5, 0.6) is 17.5 Å². The Hall–Kier alpha value is -3.53. The van der Waals surface area contributed by atoms with Crippen molar-refractivity contribution in [2.75, 3.05) is 18.1 Å². The van der Waals surface area contributed by atoms with Crippen LogP contribution in [0, 0.1) is 0 Å². The monoisotopic (exact) mass is 501 g/mol. The summed E-state index contributed by atoms with van der Waals surface area (Å²) in [5.74, 6) is 2.04. The summed E-state index contributed by atoms with van der Waals surface area (Å²) in [5, 5.41) is 23.7. The van der Waals surface area contributed by atoms with Gasteiger partial charge in [0.05, 0.1) is 23.7 Å². The Balaban J connectivity index is 1.13. The fourth-order valence-corrected chi connectivity index (χ4v) is 6.24. The number of nitrogens with zero attached hydrogens (tertiary/aromatic N) is 6. The lowest BCUT2D eigenvalue weighted by Gasteiger charge is -2.50. The summed E-state index contributed by atoms with van der Waals surface area (Å²) in [4.78, 5) is 15.9. The van der Waals surface area contributed by atoms with Crippen molar-refractivity contribution < 1.29 is 14.6 Å². The Labute approximate surface area is 215 Å². The van der Waals surface area contributed by atoms with E-state index >= 15 is 0 Å². The average molecular weight is 502 g/mol. The van der Waals surface area contributed by atoms with Crippen LogP contribution in [0.2, 0.25) is 0 Å². The third kappa shape index (κ3) is 4.33. The summed E-state index contributed by atoms with van der Waals surface area (Å²) in [6.45, 7) is 3.26. The quantitative estimate of drug-likeness (QED) is 0.538. The van der Waals surface area contributed by atoms with Crippen LogP contribution in [-0.2, 0) is 0 Å². The average Bonchev–Trinajstić information content (AvgIpc) is 3.73. The molecule has 192 valence electrons. The summed E-state index contributed by atoms with van der Waals surface area (Å²) in [7, 11) is 0. The summed E-state index contributed by atoms with van der Waals surface area (Å²) < 4.78 is 11.0. The molecule has 2 aromatic heterocycles. The largest absolute Gasteiger partial charge is 0.507 e. The Kier molecular flexibility index (Phi) is 5.38. The van der Waals surface area contributed by atoms with Gasteiger partial charge in [-0.15, -0.1) is 10.2 Å². The van der Waals surface area contributed by atoms with Crippen molar-refractivity contribution in [3.05, 3.63) is 30.6 Å². The number of anilines is 1. The summed E-state index contributed by atoms with van der Waals surface area (Å²) in [6, 6.07) is 6.83. The molecule has 5 heterocycles. The van der Waals surface area contributed by atoms with Crippen molar-refractivity contribution in [3.63, 3.8) is 0 Å². The lowest BCUT2D eigenvalue weighted by molar-refractivity contribution is 0.138. The topological polar surface area (TPSA) is 118 Å². The van der Waals surface area contributed by atoms with E-state index in [0.717, 1.165) is 18.7 Å². The second-order valence-electron chi connectivity index (χ2n) is 11.0. The van der Waals surface area contributed by atoms with Crippen LogP contribution in [-0.4, -0.2) is 67.1 Å². The lowest BCUT2D eigenvalue weighted by Crippen LogP contribution is -2.61. The number of aromatic nitrogens is 5. The zero-order valence-electron chi connectivity index (χ0n) is 20.9. The number of benzene rings is 1. The molecule has 0 amide bonds. The number of hydrogen-bond donors (Lipinski definition) is 2. The molecule has 3 aliphatic heterocycles. The molecule has 10 heteroatoms. The SMILES string of the molecule is C[C@]12CCC[C@H](C[C@@H](N(c3cnc(-c4ccc(-c5cnc6c(n5)OCCO6)cc4O)nn3)C3CC3)C1)N2. The standard InChI is InChI=1S/C27H31N7O3/c1-27-8-2-3-17(31-27)12-19(13-27)34(18-5-6-18)23-15-28-24(33-32-23)20-7-4-16(11-22(20)35)21-14-29-25-26(30-21)37-10-9-36-25/h4,7,11,14-15,17-19,31,35H,2-3,5-6,8-10,12-13H2,1H3/t17-,19-,27+/m1/s1. The van der Waals surface area contributed by atoms with E-state index in [1.165, 1.54) is 32.1 Å². The number of piperidine rings is 2. The van der Waals surface area contributed by atoms with E-state index < -0.39 is 0 Å². The van der Waals surface area contributed by atoms with Crippen LogP contribution in [0.15, 0.2) is 30.6 Å². The van der Waals surface area contributed by atoms with Gasteiger partial charge in [-0.3, -0.25) is 0 Å². The number of phenols is 1. The van der Waals surface area contributed by atoms with Gasteiger partial charge in [-0.1, -0.05) is 12.5 Å². The van der Waals surface area contributed by atoms with E-state index in [1.807, 2.05) is 12.3 Å². The number of ether oxygens (including phenoxy) is 2. The van der Waals surface area contributed by atoms with E-state index in [2.05, 4.69) is 42.3 Å². The summed E-state index contributed by atoms with van der Waals surface area (Å²) >= 11 is 0. The van der Waals surface area contributed by atoms with Gasteiger partial charge in [-0.2, -0.15) is 0 Å². The first-order valence-corrected chi connectivity index (χ1v) is 13.3. The van der Waals surface area contributed by atoms with Gasteiger partial charge in [0.15, 0.2) is 11.6 Å². The number of rotatable bonds is 5. The molecule has 3 fully saturated rings. The maximum absolute atomic E-state index is 10.8. The van der Waals surface area contributed by atoms with Gasteiger partial charge >= 0.3 is 0 Å². The second-order valence-corrected chi connectivity index (χ2v) is 11.0. The summed E-state index contributed by atoms with van der Waals surface area (Å²) in [5.41, 5.74) is 2.02. The third-order valence-electron chi connectivity index (χ3n) is 8.03. The van der Waals surface area contributed by atoms with Crippen LogP contribution in [0.25, 0.3) is 22.6 Å². The molecule has 2 N–H and O–H groups in total. The minimum absolute atomic E-state index is 0.0573. The van der Waals surface area contributed by atoms with Crippen molar-refractivity contribution in [2.45, 2.75) is 75.5 Å². The van der Waals surface area contributed by atoms with Crippen LogP contribution in [0.4, 0.5) is 5.82 Å². The molecule has 1 aromatic carbocycles. The van der Waals surface area contributed by atoms with Gasteiger partial charge in [0.25, 0.3) is 11.8 Å². The molecule has 1 saturated carbocycles. The second kappa shape index (κ2) is 8.79. The lowest BCUT2D eigenvalue weighted by atomic mass is 9.75. The van der Waals surface area contributed by atoms with Crippen molar-refractivity contribution >= 4 is 5.82 Å². The number of phenolic OH excluding ortho intramolecular Hbond substituents is 1. The van der Waals surface area contributed by atoms with Crippen LogP contribution in [0.3, 0.4) is 0 Å². The highest BCUT2D eigenvalue weighted by Crippen LogP contribution is 2.41. The zero-order chi connectivity index (χ0) is 25.0. The van der Waals surface area contributed by atoms with E-state index in [9.17, 15) is 5.11 Å². The minimum atomic E-state index is 0.0573. The van der Waals surface area contributed by atoms with Gasteiger partial charge in [0, 0.05) is 29.2 Å². The molecule has 4 aliphatic rings. The molecule has 0 spiro atoms. The highest BCUT2D eigenvalue weighted by molar-refractivity contribution is 5.71. The van der Waals surface area contributed by atoms with Crippen molar-refractivity contribution in [3.8, 4) is 40.2 Å². The first kappa shape index (κ1) is 22.7. The Morgan fingerprint density at radius 2 is 1.89 bits per heavy atom. The molecule has 37 heavy (non-hydrogen) atoms. The van der Waals surface area contributed by atoms with Crippen molar-refractivity contribution in [1.29, 1.82) is 0 Å². The Bertz CT molecular complexity index is 1320. The molecule has 2 saturated heterocycles. The Morgan fingerprint density at radius 1 is 1.03 bits per heavy atom. The molecular weight excluding hydrogens is 470 g/mol. The predicted octanol–water partition coefficient (Wildman–Crippen LogP) is 3.50. The number of fused-ring (bicyclic) bond motifs is 3. The third-order valence-corrected chi connectivity index (χ3v) is 8.03. The highest BCUT2D eigenvalue weighted by Gasteiger charge is 2.45. The smallest absolute Gasteiger partial charge is 0.278 e. The van der Waals surface area contributed by atoms with E-state index in [1.54, 1.807) is 18.3 Å². The fourth-order valence-electron chi connectivity index (χ4n) is 6.24. The van der Waals surface area contributed by atoms with Gasteiger partial charge in [0.1, 0.15) is 19.0 Å². The van der Waals surface area contributed by atoms with Gasteiger partial charge in [-0.25, -0.2) is 15.0 Å². The molecule has 3 aromatic rings. The maximum atomic E-state index is 10.8. The molecule has 2 bridgehead atoms. The van der Waals surface area contributed by atoms with Crippen LogP contribution >= 0.6 is 0 Å². The van der Waals surface area contributed by atoms with Gasteiger partial charge in [-0.05, 0) is 57.6 Å². The number of nitrogens with one attached hydrogen (secondary N) is 1. The molecular formula is C27H31N7O3. The zero-order valence-corrected chi connectivity index (χ0v) is 20.9. The minimum Gasteiger partial charge on any atom is -0.507 e. The first-order valence-electron chi connectivity index (χ1n) is 13.3. The number of hydrogen-bond acceptors (Lipinski definition) is 10. The molecule has 0 unspecified atom stereocenters. The van der Waals surface area contributed by atoms with E-state index in [4.69, 9.17) is 9.47 Å². The van der Waals surface area contributed by atoms with Gasteiger partial charge < -0.3 is 24.8 Å². The molecule has 1 aliphatic carbocycles. The molecule has 10 nitrogen and oxygen atoms in total. The van der Waals surface area contributed by atoms with Gasteiger partial charge in [0.2, 0.25) is 0 Å². The molecule has 3 atom stereocenters. The van der Waals surface area contributed by atoms with Crippen molar-refractivity contribution in [1.82, 2.24) is 30.5 Å². The highest BCUT2D eigenvalue weighted by atomic mass is 16.6. The number of aromatic hydroxyl groups is 1. The molecule has 7 rings (SSSR count). The predicted molar refractivity (Wildman–Crippen MR) is 137 cm³/mol. The van der Waals surface area contributed by atoms with Crippen LogP contribution < -0.4 is 19.7 Å². The maximum Gasteiger partial charge on any atom is 0.278 e. The van der Waals surface area contributed by atoms with Crippen molar-refractivity contribution in [2.24, 2.45) is 0 Å². The normalized spacial score (nSPS) is 26.5. The first-order chi connectivity index (χ1) is 18.0. The van der Waals surface area contributed by atoms with E-state index in [-0.39, 0.29) is 11.3 Å². The Morgan fingerprint density at radius 3 is 2.65 bits per heavy atom. The summed E-state index contributed by atoms with van der Waals surface area (Å²) in [6.07, 6.45) is 11.9. The molecule has 0 radical (unpaired) electrons. The van der Waals surface area contributed by atoms with Crippen LogP contribution in [0.1, 0.15) is 51.9 Å². The van der Waals surface area contributed by atoms with E-state index in [0.29, 0.717) is 65.7 Å². The fraction of sp³-hybridized carbons (Fsp3) is 0.519.